The first-order chi connectivity index (χ1) is 30.1. The maximum atomic E-state index is 5.60. The van der Waals surface area contributed by atoms with Crippen LogP contribution in [0.3, 0.4) is 0 Å². The van der Waals surface area contributed by atoms with Gasteiger partial charge in [0.1, 0.15) is 22.1 Å². The molecule has 0 spiro atoms. The van der Waals surface area contributed by atoms with Gasteiger partial charge in [0.05, 0.1) is 21.1 Å². The summed E-state index contributed by atoms with van der Waals surface area (Å²) in [4.78, 5) is 8.30. The summed E-state index contributed by atoms with van der Waals surface area (Å²) in [6.07, 6.45) is 6.94. The predicted molar refractivity (Wildman–Crippen MR) is 271 cm³/mol. The second kappa shape index (κ2) is 25.4. The number of benzene rings is 7. The minimum Gasteiger partial charge on any atom is -0.195 e. The van der Waals surface area contributed by atoms with E-state index in [4.69, 9.17) is 4.74 Å². The van der Waals surface area contributed by atoms with Crippen molar-refractivity contribution in [1.82, 2.24) is 19.6 Å². The van der Waals surface area contributed by atoms with Gasteiger partial charge in [0.15, 0.2) is 0 Å². The van der Waals surface area contributed by atoms with Gasteiger partial charge in [-0.15, -0.1) is 0 Å². The molecule has 0 fully saturated rings. The maximum Gasteiger partial charge on any atom is 0.108 e. The quantitative estimate of drug-likeness (QED) is 0.0532. The first-order valence-electron chi connectivity index (χ1n) is 21.1. The molecule has 0 amide bonds. The van der Waals surface area contributed by atoms with Gasteiger partial charge >= 0.3 is 19.5 Å². The van der Waals surface area contributed by atoms with Gasteiger partial charge in [0.2, 0.25) is 0 Å². The Hall–Kier alpha value is -5.70. The Balaban J connectivity index is 0.000000179. The van der Waals surface area contributed by atoms with Gasteiger partial charge in [-0.3, -0.25) is 0 Å². The van der Waals surface area contributed by atoms with E-state index in [-0.39, 0.29) is 26.9 Å². The van der Waals surface area contributed by atoms with Crippen LogP contribution < -0.4 is 37.8 Å². The molecule has 63 heavy (non-hydrogen) atoms. The normalized spacial score (nSPS) is 12.7. The second-order valence-electron chi connectivity index (χ2n) is 15.2. The van der Waals surface area contributed by atoms with Crippen molar-refractivity contribution in [3.63, 3.8) is 0 Å². The molecule has 0 aliphatic carbocycles. The van der Waals surface area contributed by atoms with Crippen LogP contribution in [0, 0.1) is 20.8 Å². The largest absolute Gasteiger partial charge is 0.195 e. The number of hydrogen-bond donors (Lipinski definition) is 0. The van der Waals surface area contributed by atoms with Gasteiger partial charge in [0, 0.05) is 13.1 Å². The number of nitrogens with zero attached hydrogens (tertiary/aromatic N) is 4. The van der Waals surface area contributed by atoms with Gasteiger partial charge < -0.3 is 31.8 Å². The van der Waals surface area contributed by atoms with Crippen molar-refractivity contribution in [1.29, 1.82) is 0 Å². The SMILES string of the molecule is CN1C=CN(CCOCCN2C=CN(C)[CH-]2)[CH-]1.[CH3-].[RuH+].c1ccc([B-](c2ccccc2)(c2ccccc2)c2ccccc2)cc1.c1ccc([PH+](c2ccccc2)c2ccccc2)cc1. The molecular weight excluding hydrogens is 875 g/mol. The molecule has 0 unspecified atom stereocenters. The van der Waals surface area contributed by atoms with E-state index in [0.717, 1.165) is 26.3 Å². The van der Waals surface area contributed by atoms with Crippen LogP contribution in [0.15, 0.2) is 237 Å². The smallest absolute Gasteiger partial charge is 0.108 e. The van der Waals surface area contributed by atoms with E-state index in [1.807, 2.05) is 36.3 Å². The summed E-state index contributed by atoms with van der Waals surface area (Å²) >= 11 is 0. The van der Waals surface area contributed by atoms with Gasteiger partial charge in [-0.1, -0.05) is 176 Å². The molecule has 0 bridgehead atoms. The Morgan fingerprint density at radius 1 is 0.397 bits per heavy atom. The zero-order chi connectivity index (χ0) is 42.0. The first kappa shape index (κ1) is 48.3. The number of hydrogen-bond acceptors (Lipinski definition) is 5. The molecule has 2 aliphatic heterocycles. The summed E-state index contributed by atoms with van der Waals surface area (Å²) in [5, 5.41) is 4.31. The Labute approximate surface area is 391 Å². The third-order valence-electron chi connectivity index (χ3n) is 11.0. The minimum atomic E-state index is -1.22. The van der Waals surface area contributed by atoms with Crippen LogP contribution in [0.2, 0.25) is 0 Å². The number of rotatable bonds is 13. The molecule has 8 heteroatoms. The minimum absolute atomic E-state index is 0. The third kappa shape index (κ3) is 13.2. The van der Waals surface area contributed by atoms with E-state index in [2.05, 4.69) is 248 Å². The van der Waals surface area contributed by atoms with Crippen molar-refractivity contribution in [2.24, 2.45) is 0 Å². The van der Waals surface area contributed by atoms with Crippen LogP contribution in [-0.2, 0) is 24.2 Å². The average Bonchev–Trinajstić information content (AvgIpc) is 3.96. The van der Waals surface area contributed by atoms with Crippen molar-refractivity contribution in [2.45, 2.75) is 0 Å². The van der Waals surface area contributed by atoms with Crippen molar-refractivity contribution in [3.05, 3.63) is 258 Å². The summed E-state index contributed by atoms with van der Waals surface area (Å²) in [5.41, 5.74) is 5.36. The fraction of sp³-hybridized carbons (Fsp3) is 0.109. The number of ether oxygens (including phenoxy) is 1. The van der Waals surface area contributed by atoms with Gasteiger partial charge in [-0.25, -0.2) is 0 Å². The molecule has 9 rings (SSSR count). The zero-order valence-electron chi connectivity index (χ0n) is 36.7. The summed E-state index contributed by atoms with van der Waals surface area (Å²) < 4.78 is 5.60. The molecule has 5 nitrogen and oxygen atoms in total. The molecule has 0 saturated carbocycles. The standard InChI is InChI=1S/C24H20B.C18H15P.C12H20N4O.CH3.Ru.H/c1-5-13-21(14-6-1)25(22-15-7-2-8-16-22,23-17-9-3-10-18-23)24-19-11-4-12-20-24;1-4-10-16(11-5-1)19(17-12-6-2-7-13-17)18-14-8-3-9-15-18;1-13-3-5-15(11-13)7-9-17-10-8-16-6-4-14(2)12-16;;;/h1-20H;1-15H;3-6,11-12H,7-10H2,1-2H3;1H3;;/q-1;;-2;-1;+1;/p+1. The van der Waals surface area contributed by atoms with Gasteiger partial charge in [-0.05, 0) is 75.3 Å². The van der Waals surface area contributed by atoms with Crippen molar-refractivity contribution < 1.29 is 24.2 Å². The van der Waals surface area contributed by atoms with Crippen LogP contribution >= 0.6 is 7.92 Å². The average molecular weight is 936 g/mol. The molecule has 1 radical (unpaired) electrons. The van der Waals surface area contributed by atoms with E-state index in [1.165, 1.54) is 37.8 Å². The topological polar surface area (TPSA) is 22.2 Å². The van der Waals surface area contributed by atoms with E-state index >= 15 is 0 Å². The molecule has 7 aromatic rings. The fourth-order valence-electron chi connectivity index (χ4n) is 8.15. The Bertz CT molecular complexity index is 2060. The third-order valence-corrected chi connectivity index (χ3v) is 13.8. The van der Waals surface area contributed by atoms with Crippen molar-refractivity contribution >= 4 is 51.8 Å². The van der Waals surface area contributed by atoms with E-state index in [1.54, 1.807) is 0 Å². The van der Waals surface area contributed by atoms with Crippen LogP contribution in [0.1, 0.15) is 0 Å². The van der Waals surface area contributed by atoms with Crippen LogP contribution in [0.4, 0.5) is 0 Å². The van der Waals surface area contributed by atoms with Crippen molar-refractivity contribution in [2.75, 3.05) is 40.4 Å². The molecule has 0 saturated heterocycles. The molecular formula is C55H60BN4OPRu-2. The fourth-order valence-corrected chi connectivity index (χ4v) is 10.7. The molecule has 0 N–H and O–H groups in total. The van der Waals surface area contributed by atoms with E-state index in [0.29, 0.717) is 0 Å². The monoisotopic (exact) mass is 936 g/mol. The first-order valence-corrected chi connectivity index (χ1v) is 22.6. The Kier molecular flexibility index (Phi) is 19.5. The molecule has 2 heterocycles. The van der Waals surface area contributed by atoms with E-state index in [9.17, 15) is 0 Å². The molecule has 2 aliphatic rings. The molecule has 7 aromatic carbocycles. The Morgan fingerprint density at radius 2 is 0.651 bits per heavy atom. The van der Waals surface area contributed by atoms with E-state index < -0.39 is 14.1 Å². The molecule has 0 aromatic heterocycles. The summed E-state index contributed by atoms with van der Waals surface area (Å²) in [6.45, 7) is 7.41. The van der Waals surface area contributed by atoms with Crippen molar-refractivity contribution in [3.8, 4) is 0 Å². The maximum absolute atomic E-state index is 5.60. The summed E-state index contributed by atoms with van der Waals surface area (Å²) in [6, 6.07) is 76.0. The summed E-state index contributed by atoms with van der Waals surface area (Å²) in [7, 11) is 3.16. The van der Waals surface area contributed by atoms with Crippen LogP contribution in [0.5, 0.6) is 0 Å². The molecule has 0 atom stereocenters. The molecule has 324 valence electrons. The van der Waals surface area contributed by atoms with Gasteiger partial charge in [0.25, 0.3) is 0 Å². The van der Waals surface area contributed by atoms with Crippen LogP contribution in [-0.4, -0.2) is 66.1 Å². The zero-order valence-corrected chi connectivity index (χ0v) is 39.5. The second-order valence-corrected chi connectivity index (χ2v) is 17.7. The predicted octanol–water partition coefficient (Wildman–Crippen LogP) is 7.10. The summed E-state index contributed by atoms with van der Waals surface area (Å²) in [5.74, 6) is 0. The van der Waals surface area contributed by atoms with Gasteiger partial charge in [-0.2, -0.15) is 35.2 Å². The van der Waals surface area contributed by atoms with Crippen LogP contribution in [0.25, 0.3) is 0 Å². The Morgan fingerprint density at radius 3 is 0.889 bits per heavy atom.